The van der Waals surface area contributed by atoms with E-state index in [1.54, 1.807) is 0 Å². The standard InChI is InChI=1S/C36H18N2O16S4.4Na/c39-33-21-11-9-19-30-26(58(52,53)54)14-24-28-22(34(40)38(36(24)42)16-3-7-18(8-4-16)56(46,47)48)12-10-20(32(28)30)29-25(57(49,50)51)13-23(27(21)31(19)29)35(41)37(33)15-1-5-17(6-2-15)55(43,44)45;;;;/h1-14H,(H,43,44,45)(H,46,47,48)(H,49,50,51)(H,52,53,54);;;;/q;4*+1/p-4. The maximum absolute atomic E-state index is 14.1. The van der Waals surface area contributed by atoms with Crippen LogP contribution in [0.4, 0.5) is 11.4 Å². The van der Waals surface area contributed by atoms with Crippen LogP contribution in [0.15, 0.2) is 105 Å². The molecule has 0 fully saturated rings. The Morgan fingerprint density at radius 2 is 0.629 bits per heavy atom. The Bertz CT molecular complexity index is 3400. The average Bonchev–Trinajstić information content (AvgIpc) is 3.14. The van der Waals surface area contributed by atoms with E-state index in [4.69, 9.17) is 0 Å². The van der Waals surface area contributed by atoms with Gasteiger partial charge in [-0.3, -0.25) is 19.2 Å². The Balaban J connectivity index is 0.00000181. The first-order chi connectivity index (χ1) is 27.0. The monoisotopic (exact) mass is 950 g/mol. The summed E-state index contributed by atoms with van der Waals surface area (Å²) in [6, 6.07) is 13.1. The van der Waals surface area contributed by atoms with Crippen molar-refractivity contribution in [2.24, 2.45) is 0 Å². The smallest absolute Gasteiger partial charge is 0.744 e. The number of carbonyl (C=O) groups is 4. The number of imide groups is 2. The third-order valence-corrected chi connectivity index (χ3v) is 13.5. The van der Waals surface area contributed by atoms with E-state index in [0.29, 0.717) is 21.9 Å². The molecule has 2 aliphatic heterocycles. The summed E-state index contributed by atoms with van der Waals surface area (Å²) in [5, 5.41) is -2.62. The van der Waals surface area contributed by atoms with Gasteiger partial charge in [0.15, 0.2) is 0 Å². The van der Waals surface area contributed by atoms with E-state index in [1.807, 2.05) is 0 Å². The molecule has 26 heteroatoms. The molecule has 0 saturated heterocycles. The fourth-order valence-corrected chi connectivity index (χ4v) is 10.2. The fraction of sp³-hybridized carbons (Fsp3) is 0. The predicted molar refractivity (Wildman–Crippen MR) is 195 cm³/mol. The van der Waals surface area contributed by atoms with Crippen LogP contribution in [-0.2, 0) is 40.5 Å². The van der Waals surface area contributed by atoms with Crippen molar-refractivity contribution in [3.63, 3.8) is 0 Å². The number of hydrogen-bond acceptors (Lipinski definition) is 16. The van der Waals surface area contributed by atoms with Gasteiger partial charge in [-0.2, -0.15) is 0 Å². The van der Waals surface area contributed by atoms with Crippen molar-refractivity contribution >= 4 is 119 Å². The van der Waals surface area contributed by atoms with Crippen LogP contribution in [0.2, 0.25) is 0 Å². The fourth-order valence-electron chi connectivity index (χ4n) is 7.78. The molecular weight excluding hydrogens is 937 g/mol. The normalized spacial score (nSPS) is 14.2. The van der Waals surface area contributed by atoms with Gasteiger partial charge in [-0.1, -0.05) is 12.1 Å². The van der Waals surface area contributed by atoms with Gasteiger partial charge in [-0.05, 0) is 83.6 Å². The number of hydrogen-bond donors (Lipinski definition) is 0. The van der Waals surface area contributed by atoms with Crippen LogP contribution in [0.3, 0.4) is 0 Å². The Kier molecular flexibility index (Phi) is 13.8. The largest absolute Gasteiger partial charge is 1.00 e. The van der Waals surface area contributed by atoms with Crippen LogP contribution >= 0.6 is 0 Å². The number of anilines is 2. The number of amides is 4. The topological polar surface area (TPSA) is 304 Å². The third kappa shape index (κ3) is 7.67. The molecule has 2 heterocycles. The van der Waals surface area contributed by atoms with Crippen molar-refractivity contribution in [3.8, 4) is 0 Å². The third-order valence-electron chi connectivity index (χ3n) is 10.1. The Labute approximate surface area is 438 Å². The van der Waals surface area contributed by atoms with Crippen LogP contribution in [-0.4, -0.2) is 75.5 Å². The number of carbonyl (C=O) groups excluding carboxylic acids is 4. The van der Waals surface area contributed by atoms with Gasteiger partial charge in [0.1, 0.15) is 40.5 Å². The maximum atomic E-state index is 14.1. The van der Waals surface area contributed by atoms with E-state index >= 15 is 0 Å². The van der Waals surface area contributed by atoms with Crippen LogP contribution in [0, 0.1) is 0 Å². The minimum absolute atomic E-state index is 0. The van der Waals surface area contributed by atoms with Gasteiger partial charge in [0.05, 0.1) is 42.1 Å². The molecule has 0 saturated carbocycles. The van der Waals surface area contributed by atoms with Crippen molar-refractivity contribution in [2.45, 2.75) is 19.6 Å². The van der Waals surface area contributed by atoms with Crippen molar-refractivity contribution in [3.05, 3.63) is 107 Å². The average molecular weight is 951 g/mol. The summed E-state index contributed by atoms with van der Waals surface area (Å²) in [6.07, 6.45) is 0. The molecule has 7 aromatic carbocycles. The van der Waals surface area contributed by atoms with E-state index in [9.17, 15) is 71.1 Å². The number of rotatable bonds is 6. The van der Waals surface area contributed by atoms with Gasteiger partial charge >= 0.3 is 118 Å². The minimum Gasteiger partial charge on any atom is -0.744 e. The Morgan fingerprint density at radius 3 is 0.903 bits per heavy atom. The summed E-state index contributed by atoms with van der Waals surface area (Å²) in [7, 11) is -21.1. The summed E-state index contributed by atoms with van der Waals surface area (Å²) < 4.78 is 148. The summed E-state index contributed by atoms with van der Waals surface area (Å²) in [4.78, 5) is 54.0. The Morgan fingerprint density at radius 1 is 0.339 bits per heavy atom. The second-order valence-corrected chi connectivity index (χ2v) is 18.6. The maximum Gasteiger partial charge on any atom is 1.00 e. The van der Waals surface area contributed by atoms with Crippen LogP contribution in [0.25, 0.3) is 43.1 Å². The zero-order valence-corrected chi connectivity index (χ0v) is 43.4. The second kappa shape index (κ2) is 16.9. The van der Waals surface area contributed by atoms with E-state index in [1.165, 1.54) is 0 Å². The SMILES string of the molecule is O=C1c2ccc3c4c(S(=O)(=O)[O-])cc5c6c(ccc(c7c(S(=O)(=O)[O-])cc(c2c37)C(=O)N1c1ccc(S(=O)(=O)[O-])cc1)c64)C(=O)N(c1ccc(S(=O)(=O)[O-])cc1)C5=O.[Na+].[Na+].[Na+].[Na+]. The van der Waals surface area contributed by atoms with Crippen LogP contribution < -0.4 is 128 Å². The quantitative estimate of drug-likeness (QED) is 0.0491. The van der Waals surface area contributed by atoms with E-state index in [-0.39, 0.29) is 173 Å². The first-order valence-electron chi connectivity index (χ1n) is 16.1. The molecule has 2 aliphatic rings. The summed E-state index contributed by atoms with van der Waals surface area (Å²) in [5.41, 5.74) is -2.20. The summed E-state index contributed by atoms with van der Waals surface area (Å²) in [5.74, 6) is -4.52. The molecule has 0 N–H and O–H groups in total. The van der Waals surface area contributed by atoms with Crippen molar-refractivity contribution in [1.82, 2.24) is 0 Å². The molecule has 0 bridgehead atoms. The zero-order valence-electron chi connectivity index (χ0n) is 32.1. The van der Waals surface area contributed by atoms with E-state index in [2.05, 4.69) is 0 Å². The van der Waals surface area contributed by atoms with Gasteiger partial charge < -0.3 is 18.2 Å². The summed E-state index contributed by atoms with van der Waals surface area (Å²) in [6.45, 7) is 0. The van der Waals surface area contributed by atoms with E-state index < -0.39 is 106 Å². The van der Waals surface area contributed by atoms with Crippen molar-refractivity contribution < 1.29 is 189 Å². The molecular formula is C36H14N2Na4O16S4. The van der Waals surface area contributed by atoms with Gasteiger partial charge in [0.2, 0.25) is 0 Å². The molecule has 0 aliphatic carbocycles. The van der Waals surface area contributed by atoms with Gasteiger partial charge in [0.25, 0.3) is 23.6 Å². The number of benzene rings is 7. The van der Waals surface area contributed by atoms with Crippen LogP contribution in [0.5, 0.6) is 0 Å². The van der Waals surface area contributed by atoms with Gasteiger partial charge in [-0.15, -0.1) is 0 Å². The molecule has 18 nitrogen and oxygen atoms in total. The molecule has 9 rings (SSSR count). The molecule has 7 aromatic rings. The predicted octanol–water partition coefficient (Wildman–Crippen LogP) is -9.03. The zero-order chi connectivity index (χ0) is 41.8. The molecule has 4 amide bonds. The molecule has 0 aromatic heterocycles. The van der Waals surface area contributed by atoms with Crippen LogP contribution in [0.1, 0.15) is 41.4 Å². The molecule has 0 spiro atoms. The molecule has 292 valence electrons. The molecule has 0 radical (unpaired) electrons. The minimum atomic E-state index is -5.61. The van der Waals surface area contributed by atoms with Crippen molar-refractivity contribution in [1.29, 1.82) is 0 Å². The first kappa shape index (κ1) is 50.8. The molecule has 0 unspecified atom stereocenters. The Hall–Kier alpha value is -2.24. The molecule has 0 atom stereocenters. The van der Waals surface area contributed by atoms with Gasteiger partial charge in [0, 0.05) is 43.4 Å². The number of fused-ring (bicyclic) bond motifs is 2. The molecule has 62 heavy (non-hydrogen) atoms. The second-order valence-electron chi connectivity index (χ2n) is 13.1. The van der Waals surface area contributed by atoms with Crippen molar-refractivity contribution in [2.75, 3.05) is 9.80 Å². The van der Waals surface area contributed by atoms with E-state index in [0.717, 1.165) is 72.8 Å². The first-order valence-corrected chi connectivity index (χ1v) is 21.7. The van der Waals surface area contributed by atoms with Gasteiger partial charge in [-0.25, -0.2) is 43.5 Å². The summed E-state index contributed by atoms with van der Waals surface area (Å²) >= 11 is 0. The number of nitrogens with zero attached hydrogens (tertiary/aromatic N) is 2.